The Morgan fingerprint density at radius 2 is 1.57 bits per heavy atom. The van der Waals surface area contributed by atoms with Crippen molar-refractivity contribution in [3.05, 3.63) is 19.1 Å². The molecule has 0 unspecified atom stereocenters. The van der Waals surface area contributed by atoms with Gasteiger partial charge in [-0.25, -0.2) is 0 Å². The summed E-state index contributed by atoms with van der Waals surface area (Å²) in [7, 11) is 0. The van der Waals surface area contributed by atoms with E-state index >= 15 is 0 Å². The molecular weight excluding hydrogens is 165 g/mol. The van der Waals surface area contributed by atoms with E-state index in [1.54, 1.807) is 0 Å². The van der Waals surface area contributed by atoms with Crippen molar-refractivity contribution in [2.24, 2.45) is 0 Å². The fourth-order valence-corrected chi connectivity index (χ4v) is 1.28. The molecule has 0 aromatic rings. The van der Waals surface area contributed by atoms with Crippen LogP contribution in [0.15, 0.2) is 12.2 Å². The summed E-state index contributed by atoms with van der Waals surface area (Å²) in [6, 6.07) is 0. The summed E-state index contributed by atoms with van der Waals surface area (Å²) in [6.07, 6.45) is 9.24. The van der Waals surface area contributed by atoms with E-state index in [0.29, 0.717) is 0 Å². The zero-order valence-electron chi connectivity index (χ0n) is 9.26. The van der Waals surface area contributed by atoms with E-state index in [1.807, 2.05) is 6.08 Å². The Kier molecular flexibility index (Phi) is 15.9. The molecule has 0 amide bonds. The fraction of sp³-hybridized carbons (Fsp3) is 0.750. The van der Waals surface area contributed by atoms with E-state index < -0.39 is 0 Å². The van der Waals surface area contributed by atoms with E-state index in [-0.39, 0.29) is 18.9 Å². The van der Waals surface area contributed by atoms with Crippen LogP contribution in [0.1, 0.15) is 39.5 Å². The first-order chi connectivity index (χ1) is 6.35. The van der Waals surface area contributed by atoms with Crippen LogP contribution >= 0.6 is 0 Å². The SMILES string of the molecule is [CH2]C=CCN(CCCC)CCCC.[LiH]. The third kappa shape index (κ3) is 10.4. The summed E-state index contributed by atoms with van der Waals surface area (Å²) in [5, 5.41) is 0. The fourth-order valence-electron chi connectivity index (χ4n) is 1.28. The molecular formula is C12H25LiN. The second-order valence-corrected chi connectivity index (χ2v) is 3.48. The van der Waals surface area contributed by atoms with Crippen molar-refractivity contribution in [1.29, 1.82) is 0 Å². The second kappa shape index (κ2) is 13.3. The van der Waals surface area contributed by atoms with Crippen molar-refractivity contribution in [2.45, 2.75) is 39.5 Å². The van der Waals surface area contributed by atoms with E-state index in [1.165, 1.54) is 38.8 Å². The van der Waals surface area contributed by atoms with Gasteiger partial charge in [-0.3, -0.25) is 4.90 Å². The van der Waals surface area contributed by atoms with Gasteiger partial charge in [0.1, 0.15) is 0 Å². The van der Waals surface area contributed by atoms with Gasteiger partial charge < -0.3 is 0 Å². The Morgan fingerprint density at radius 3 is 1.93 bits per heavy atom. The Morgan fingerprint density at radius 1 is 1.07 bits per heavy atom. The van der Waals surface area contributed by atoms with Crippen LogP contribution in [-0.2, 0) is 0 Å². The maximum atomic E-state index is 3.71. The number of nitrogens with zero attached hydrogens (tertiary/aromatic N) is 1. The number of rotatable bonds is 8. The van der Waals surface area contributed by atoms with Crippen LogP contribution in [0.4, 0.5) is 0 Å². The molecule has 0 aliphatic carbocycles. The van der Waals surface area contributed by atoms with Crippen LogP contribution in [0.3, 0.4) is 0 Å². The van der Waals surface area contributed by atoms with E-state index in [0.717, 1.165) is 6.54 Å². The molecule has 1 radical (unpaired) electrons. The van der Waals surface area contributed by atoms with Crippen LogP contribution in [0.25, 0.3) is 0 Å². The zero-order chi connectivity index (χ0) is 9.94. The molecule has 0 aromatic carbocycles. The van der Waals surface area contributed by atoms with Crippen molar-refractivity contribution >= 4 is 18.9 Å². The van der Waals surface area contributed by atoms with Gasteiger partial charge in [0.2, 0.25) is 0 Å². The van der Waals surface area contributed by atoms with Crippen molar-refractivity contribution in [3.63, 3.8) is 0 Å². The number of allylic oxidation sites excluding steroid dienone is 1. The molecule has 14 heavy (non-hydrogen) atoms. The standard InChI is InChI=1S/C12H24N.Li.H/c1-4-7-10-13(11-8-5-2)12-9-6-3;;/h4,7H,1,5-6,8-12H2,2-3H3;;. The Hall–Kier alpha value is 0.297. The molecule has 0 rings (SSSR count). The molecule has 2 heteroatoms. The summed E-state index contributed by atoms with van der Waals surface area (Å²) < 4.78 is 0. The summed E-state index contributed by atoms with van der Waals surface area (Å²) in [6.45, 7) is 11.7. The molecule has 0 bridgehead atoms. The van der Waals surface area contributed by atoms with Gasteiger partial charge in [-0.05, 0) is 32.9 Å². The van der Waals surface area contributed by atoms with Crippen molar-refractivity contribution in [1.82, 2.24) is 4.90 Å². The zero-order valence-corrected chi connectivity index (χ0v) is 9.26. The van der Waals surface area contributed by atoms with Gasteiger partial charge in [0.25, 0.3) is 0 Å². The van der Waals surface area contributed by atoms with Gasteiger partial charge in [0, 0.05) is 6.54 Å². The molecule has 79 valence electrons. The van der Waals surface area contributed by atoms with Crippen molar-refractivity contribution in [3.8, 4) is 0 Å². The van der Waals surface area contributed by atoms with Crippen molar-refractivity contribution < 1.29 is 0 Å². The molecule has 0 N–H and O–H groups in total. The Balaban J connectivity index is 0. The first-order valence-electron chi connectivity index (χ1n) is 5.51. The molecule has 0 aromatic heterocycles. The average Bonchev–Trinajstić information content (AvgIpc) is 2.17. The van der Waals surface area contributed by atoms with Gasteiger partial charge >= 0.3 is 18.9 Å². The molecule has 0 aliphatic heterocycles. The van der Waals surface area contributed by atoms with Gasteiger partial charge in [0.15, 0.2) is 0 Å². The summed E-state index contributed by atoms with van der Waals surface area (Å²) in [4.78, 5) is 2.51. The van der Waals surface area contributed by atoms with Crippen molar-refractivity contribution in [2.75, 3.05) is 19.6 Å². The van der Waals surface area contributed by atoms with E-state index in [4.69, 9.17) is 0 Å². The van der Waals surface area contributed by atoms with Crippen LogP contribution in [0, 0.1) is 6.92 Å². The number of hydrogen-bond acceptors (Lipinski definition) is 1. The molecule has 0 saturated carbocycles. The molecule has 0 saturated heterocycles. The minimum atomic E-state index is 0. The predicted molar refractivity (Wildman–Crippen MR) is 67.9 cm³/mol. The molecule has 0 atom stereocenters. The molecule has 0 spiro atoms. The summed E-state index contributed by atoms with van der Waals surface area (Å²) in [5.41, 5.74) is 0. The van der Waals surface area contributed by atoms with Crippen LogP contribution in [0.2, 0.25) is 0 Å². The second-order valence-electron chi connectivity index (χ2n) is 3.48. The first-order valence-corrected chi connectivity index (χ1v) is 5.51. The van der Waals surface area contributed by atoms with Crippen LogP contribution < -0.4 is 0 Å². The quantitative estimate of drug-likeness (QED) is 0.532. The third-order valence-corrected chi connectivity index (χ3v) is 2.19. The minimum absolute atomic E-state index is 0. The summed E-state index contributed by atoms with van der Waals surface area (Å²) >= 11 is 0. The molecule has 1 nitrogen and oxygen atoms in total. The maximum absolute atomic E-state index is 3.71. The molecule has 0 heterocycles. The van der Waals surface area contributed by atoms with Gasteiger partial charge in [-0.2, -0.15) is 0 Å². The average molecular weight is 190 g/mol. The Bertz CT molecular complexity index is 115. The third-order valence-electron chi connectivity index (χ3n) is 2.19. The normalized spacial score (nSPS) is 10.9. The van der Waals surface area contributed by atoms with Gasteiger partial charge in [0.05, 0.1) is 0 Å². The van der Waals surface area contributed by atoms with Crippen LogP contribution in [0.5, 0.6) is 0 Å². The van der Waals surface area contributed by atoms with Gasteiger partial charge in [-0.15, -0.1) is 0 Å². The van der Waals surface area contributed by atoms with E-state index in [2.05, 4.69) is 31.7 Å². The van der Waals surface area contributed by atoms with Gasteiger partial charge in [-0.1, -0.05) is 38.8 Å². The topological polar surface area (TPSA) is 3.24 Å². The summed E-state index contributed by atoms with van der Waals surface area (Å²) in [5.74, 6) is 0. The first kappa shape index (κ1) is 16.7. The number of unbranched alkanes of at least 4 members (excludes halogenated alkanes) is 2. The number of hydrogen-bond donors (Lipinski definition) is 0. The van der Waals surface area contributed by atoms with Crippen LogP contribution in [-0.4, -0.2) is 43.4 Å². The molecule has 0 aliphatic rings. The Labute approximate surface area is 102 Å². The monoisotopic (exact) mass is 190 g/mol. The van der Waals surface area contributed by atoms with E-state index in [9.17, 15) is 0 Å². The molecule has 0 fully saturated rings. The predicted octanol–water partition coefficient (Wildman–Crippen LogP) is 2.63.